The van der Waals surface area contributed by atoms with Crippen LogP contribution in [0.1, 0.15) is 38.7 Å². The summed E-state index contributed by atoms with van der Waals surface area (Å²) < 4.78 is 5.55. The molecule has 2 heterocycles. The van der Waals surface area contributed by atoms with Gasteiger partial charge < -0.3 is 15.0 Å². The smallest absolute Gasteiger partial charge is 0.265 e. The van der Waals surface area contributed by atoms with Crippen molar-refractivity contribution >= 4 is 11.6 Å². The number of nitrogens with zero attached hydrogens (tertiary/aromatic N) is 1. The Labute approximate surface area is 126 Å². The first kappa shape index (κ1) is 14.4. The van der Waals surface area contributed by atoms with E-state index < -0.39 is 0 Å². The van der Waals surface area contributed by atoms with Crippen LogP contribution in [0.15, 0.2) is 18.2 Å². The third-order valence-electron chi connectivity index (χ3n) is 4.31. The van der Waals surface area contributed by atoms with Crippen LogP contribution in [0.3, 0.4) is 0 Å². The van der Waals surface area contributed by atoms with Crippen molar-refractivity contribution in [1.29, 1.82) is 0 Å². The van der Waals surface area contributed by atoms with Gasteiger partial charge in [0.05, 0.1) is 5.69 Å². The molecule has 0 spiro atoms. The van der Waals surface area contributed by atoms with Crippen molar-refractivity contribution < 1.29 is 9.53 Å². The van der Waals surface area contributed by atoms with E-state index in [4.69, 9.17) is 4.74 Å². The Bertz CT molecular complexity index is 522. The number of hydrogen-bond donors (Lipinski definition) is 1. The largest absolute Gasteiger partial charge is 0.482 e. The number of amides is 1. The van der Waals surface area contributed by atoms with Gasteiger partial charge >= 0.3 is 0 Å². The lowest BCUT2D eigenvalue weighted by molar-refractivity contribution is -0.121. The van der Waals surface area contributed by atoms with Crippen LogP contribution in [0.4, 0.5) is 5.69 Å². The molecule has 1 unspecified atom stereocenters. The molecule has 0 aliphatic carbocycles. The molecule has 21 heavy (non-hydrogen) atoms. The van der Waals surface area contributed by atoms with Crippen LogP contribution < -0.4 is 15.0 Å². The fourth-order valence-corrected chi connectivity index (χ4v) is 3.29. The third-order valence-corrected chi connectivity index (χ3v) is 4.31. The van der Waals surface area contributed by atoms with Gasteiger partial charge in [0.1, 0.15) is 5.75 Å². The van der Waals surface area contributed by atoms with E-state index in [9.17, 15) is 4.79 Å². The number of anilines is 1. The molecular weight excluding hydrogens is 264 g/mol. The first-order chi connectivity index (χ1) is 10.1. The summed E-state index contributed by atoms with van der Waals surface area (Å²) in [4.78, 5) is 13.9. The zero-order chi connectivity index (χ0) is 14.8. The van der Waals surface area contributed by atoms with Gasteiger partial charge in [-0.15, -0.1) is 0 Å². The van der Waals surface area contributed by atoms with E-state index in [-0.39, 0.29) is 18.6 Å². The number of piperidine rings is 1. The minimum atomic E-state index is 0.0467. The van der Waals surface area contributed by atoms with Gasteiger partial charge in [-0.2, -0.15) is 0 Å². The Morgan fingerprint density at radius 2 is 2.24 bits per heavy atom. The highest BCUT2D eigenvalue weighted by Crippen LogP contribution is 2.34. The van der Waals surface area contributed by atoms with E-state index in [1.54, 1.807) is 0 Å². The number of ether oxygens (including phenoxy) is 1. The van der Waals surface area contributed by atoms with E-state index >= 15 is 0 Å². The molecule has 1 saturated heterocycles. The van der Waals surface area contributed by atoms with Crippen molar-refractivity contribution in [2.45, 2.75) is 51.6 Å². The molecule has 1 aromatic rings. The van der Waals surface area contributed by atoms with Crippen molar-refractivity contribution in [2.24, 2.45) is 0 Å². The topological polar surface area (TPSA) is 41.6 Å². The molecule has 1 N–H and O–H groups in total. The lowest BCUT2D eigenvalue weighted by Crippen LogP contribution is -2.43. The molecule has 1 amide bonds. The van der Waals surface area contributed by atoms with Gasteiger partial charge in [0.25, 0.3) is 5.91 Å². The lowest BCUT2D eigenvalue weighted by atomic mass is 9.97. The summed E-state index contributed by atoms with van der Waals surface area (Å²) in [5.74, 6) is 0.870. The summed E-state index contributed by atoms with van der Waals surface area (Å²) in [6.45, 7) is 5.36. The third kappa shape index (κ3) is 3.05. The van der Waals surface area contributed by atoms with E-state index in [1.165, 1.54) is 24.8 Å². The Morgan fingerprint density at radius 3 is 2.95 bits per heavy atom. The zero-order valence-corrected chi connectivity index (χ0v) is 12.9. The standard InChI is InChI=1S/C17H24N2O2/c1-12(2)19-15-10-13(9-14-5-3-4-8-18-14)6-7-16(15)21-11-17(19)20/h6-7,10,12,14,18H,3-5,8-9,11H2,1-2H3. The minimum Gasteiger partial charge on any atom is -0.482 e. The Morgan fingerprint density at radius 1 is 1.38 bits per heavy atom. The van der Waals surface area contributed by atoms with Gasteiger partial charge in [0.15, 0.2) is 6.61 Å². The Kier molecular flexibility index (Phi) is 4.15. The lowest BCUT2D eigenvalue weighted by Gasteiger charge is -2.33. The monoisotopic (exact) mass is 288 g/mol. The predicted molar refractivity (Wildman–Crippen MR) is 83.9 cm³/mol. The maximum atomic E-state index is 12.1. The van der Waals surface area contributed by atoms with Crippen molar-refractivity contribution in [3.05, 3.63) is 23.8 Å². The molecule has 1 fully saturated rings. The maximum Gasteiger partial charge on any atom is 0.265 e. The van der Waals surface area contributed by atoms with E-state index in [0.717, 1.165) is 24.4 Å². The van der Waals surface area contributed by atoms with Crippen molar-refractivity contribution in [3.8, 4) is 5.75 Å². The van der Waals surface area contributed by atoms with Crippen LogP contribution in [-0.2, 0) is 11.2 Å². The van der Waals surface area contributed by atoms with Gasteiger partial charge in [0.2, 0.25) is 0 Å². The molecule has 1 atom stereocenters. The van der Waals surface area contributed by atoms with Crippen LogP contribution in [0, 0.1) is 0 Å². The highest BCUT2D eigenvalue weighted by molar-refractivity contribution is 5.98. The quantitative estimate of drug-likeness (QED) is 0.929. The minimum absolute atomic E-state index is 0.0467. The number of benzene rings is 1. The molecule has 2 aliphatic heterocycles. The Hall–Kier alpha value is -1.55. The van der Waals surface area contributed by atoms with Crippen LogP contribution in [0.5, 0.6) is 5.75 Å². The Balaban J connectivity index is 1.83. The highest BCUT2D eigenvalue weighted by Gasteiger charge is 2.28. The number of fused-ring (bicyclic) bond motifs is 1. The second kappa shape index (κ2) is 6.06. The fourth-order valence-electron chi connectivity index (χ4n) is 3.29. The van der Waals surface area contributed by atoms with Crippen molar-refractivity contribution in [1.82, 2.24) is 5.32 Å². The van der Waals surface area contributed by atoms with Gasteiger partial charge in [-0.3, -0.25) is 4.79 Å². The number of rotatable bonds is 3. The van der Waals surface area contributed by atoms with E-state index in [2.05, 4.69) is 17.4 Å². The molecule has 0 radical (unpaired) electrons. The molecule has 114 valence electrons. The molecule has 0 bridgehead atoms. The van der Waals surface area contributed by atoms with Crippen molar-refractivity contribution in [3.63, 3.8) is 0 Å². The highest BCUT2D eigenvalue weighted by atomic mass is 16.5. The SMILES string of the molecule is CC(C)N1C(=O)COc2ccc(CC3CCCCN3)cc21. The molecule has 2 aliphatic rings. The molecule has 0 saturated carbocycles. The second-order valence-corrected chi connectivity index (χ2v) is 6.30. The summed E-state index contributed by atoms with van der Waals surface area (Å²) in [7, 11) is 0. The van der Waals surface area contributed by atoms with E-state index in [0.29, 0.717) is 6.04 Å². The molecular formula is C17H24N2O2. The van der Waals surface area contributed by atoms with Gasteiger partial charge in [0, 0.05) is 12.1 Å². The first-order valence-corrected chi connectivity index (χ1v) is 7.96. The molecule has 1 aromatic carbocycles. The van der Waals surface area contributed by atoms with Crippen LogP contribution >= 0.6 is 0 Å². The number of carbonyl (C=O) groups excluding carboxylic acids is 1. The van der Waals surface area contributed by atoms with Crippen LogP contribution in [0.25, 0.3) is 0 Å². The van der Waals surface area contributed by atoms with Gasteiger partial charge in [-0.05, 0) is 57.4 Å². The van der Waals surface area contributed by atoms with Crippen LogP contribution in [0.2, 0.25) is 0 Å². The summed E-state index contributed by atoms with van der Waals surface area (Å²) in [6, 6.07) is 6.98. The maximum absolute atomic E-state index is 12.1. The van der Waals surface area contributed by atoms with Gasteiger partial charge in [-0.1, -0.05) is 12.5 Å². The predicted octanol–water partition coefficient (Wildman–Crippen LogP) is 2.50. The average Bonchev–Trinajstić information content (AvgIpc) is 2.47. The van der Waals surface area contributed by atoms with Crippen LogP contribution in [-0.4, -0.2) is 31.1 Å². The number of nitrogens with one attached hydrogen (secondary N) is 1. The summed E-state index contributed by atoms with van der Waals surface area (Å²) in [5, 5.41) is 3.58. The number of carbonyl (C=O) groups is 1. The molecule has 4 heteroatoms. The summed E-state index contributed by atoms with van der Waals surface area (Å²) in [6.07, 6.45) is 4.85. The first-order valence-electron chi connectivity index (χ1n) is 7.96. The number of hydrogen-bond acceptors (Lipinski definition) is 3. The summed E-state index contributed by atoms with van der Waals surface area (Å²) in [5.41, 5.74) is 2.20. The van der Waals surface area contributed by atoms with E-state index in [1.807, 2.05) is 24.8 Å². The van der Waals surface area contributed by atoms with Crippen molar-refractivity contribution in [2.75, 3.05) is 18.1 Å². The normalized spacial score (nSPS) is 22.1. The molecule has 4 nitrogen and oxygen atoms in total. The summed E-state index contributed by atoms with van der Waals surface area (Å²) >= 11 is 0. The zero-order valence-electron chi connectivity index (χ0n) is 12.9. The second-order valence-electron chi connectivity index (χ2n) is 6.30. The van der Waals surface area contributed by atoms with Gasteiger partial charge in [-0.25, -0.2) is 0 Å². The fraction of sp³-hybridized carbons (Fsp3) is 0.588. The average molecular weight is 288 g/mol. The molecule has 3 rings (SSSR count). The molecule has 0 aromatic heterocycles.